The fraction of sp³-hybridized carbons (Fsp3) is 0.222. The van der Waals surface area contributed by atoms with Gasteiger partial charge in [0.25, 0.3) is 5.69 Å². The lowest BCUT2D eigenvalue weighted by molar-refractivity contribution is -0.383. The van der Waals surface area contributed by atoms with Crippen molar-refractivity contribution in [3.8, 4) is 0 Å². The van der Waals surface area contributed by atoms with Crippen molar-refractivity contribution in [2.24, 2.45) is 0 Å². The molecule has 0 unspecified atom stereocenters. The number of nitro groups is 1. The Morgan fingerprint density at radius 3 is 2.67 bits per heavy atom. The van der Waals surface area contributed by atoms with Gasteiger partial charge in [0.05, 0.1) is 4.92 Å². The molecule has 6 nitrogen and oxygen atoms in total. The van der Waals surface area contributed by atoms with Crippen LogP contribution < -0.4 is 4.90 Å². The van der Waals surface area contributed by atoms with Crippen molar-refractivity contribution in [3.63, 3.8) is 0 Å². The second-order valence-corrected chi connectivity index (χ2v) is 5.74. The summed E-state index contributed by atoms with van der Waals surface area (Å²) in [5, 5.41) is 12.1. The highest BCUT2D eigenvalue weighted by atomic mass is 16.6. The monoisotopic (exact) mass is 322 g/mol. The summed E-state index contributed by atoms with van der Waals surface area (Å²) >= 11 is 0. The number of para-hydroxylation sites is 1. The number of rotatable bonds is 5. The molecule has 0 aliphatic heterocycles. The maximum Gasteiger partial charge on any atom is 0.295 e. The Bertz CT molecular complexity index is 881. The van der Waals surface area contributed by atoms with E-state index in [1.165, 1.54) is 11.6 Å². The number of anilines is 1. The maximum absolute atomic E-state index is 11.3. The Labute approximate surface area is 139 Å². The number of hydrogen-bond donors (Lipinski definition) is 0. The minimum absolute atomic E-state index is 0.0417. The van der Waals surface area contributed by atoms with Crippen molar-refractivity contribution in [3.05, 3.63) is 70.2 Å². The second-order valence-electron chi connectivity index (χ2n) is 5.74. The largest absolute Gasteiger partial charge is 0.374 e. The number of benzene rings is 1. The average molecular weight is 322 g/mol. The highest BCUT2D eigenvalue weighted by molar-refractivity contribution is 5.97. The highest BCUT2D eigenvalue weighted by Gasteiger charge is 2.17. The lowest BCUT2D eigenvalue weighted by atomic mass is 10.1. The molecule has 0 saturated heterocycles. The minimum Gasteiger partial charge on any atom is -0.374 e. The van der Waals surface area contributed by atoms with Crippen LogP contribution in [0.1, 0.15) is 11.3 Å². The van der Waals surface area contributed by atoms with Gasteiger partial charge in [0, 0.05) is 48.8 Å². The molecule has 0 fully saturated rings. The van der Waals surface area contributed by atoms with Crippen molar-refractivity contribution >= 4 is 22.3 Å². The lowest BCUT2D eigenvalue weighted by Crippen LogP contribution is -2.21. The molecule has 1 aromatic carbocycles. The number of aryl methyl sites for hydroxylation is 1. The van der Waals surface area contributed by atoms with E-state index in [-0.39, 0.29) is 10.6 Å². The molecule has 6 heteroatoms. The van der Waals surface area contributed by atoms with Crippen LogP contribution in [0, 0.1) is 17.0 Å². The van der Waals surface area contributed by atoms with Crippen LogP contribution in [0.4, 0.5) is 11.4 Å². The van der Waals surface area contributed by atoms with E-state index in [0.29, 0.717) is 5.52 Å². The summed E-state index contributed by atoms with van der Waals surface area (Å²) in [6.07, 6.45) is 4.44. The van der Waals surface area contributed by atoms with Gasteiger partial charge in [-0.1, -0.05) is 12.1 Å². The summed E-state index contributed by atoms with van der Waals surface area (Å²) in [4.78, 5) is 21.4. The smallest absolute Gasteiger partial charge is 0.295 e. The summed E-state index contributed by atoms with van der Waals surface area (Å²) < 4.78 is 0. The van der Waals surface area contributed by atoms with E-state index in [0.717, 1.165) is 29.7 Å². The van der Waals surface area contributed by atoms with E-state index in [1.807, 2.05) is 38.2 Å². The molecular formula is C18H18N4O2. The molecule has 0 amide bonds. The number of pyridine rings is 2. The molecule has 0 N–H and O–H groups in total. The van der Waals surface area contributed by atoms with Gasteiger partial charge in [-0.3, -0.25) is 15.1 Å². The molecule has 3 rings (SSSR count). The first-order chi connectivity index (χ1) is 11.6. The van der Waals surface area contributed by atoms with Crippen LogP contribution in [0.25, 0.3) is 10.9 Å². The molecule has 2 aromatic heterocycles. The van der Waals surface area contributed by atoms with Gasteiger partial charge >= 0.3 is 0 Å². The van der Waals surface area contributed by atoms with Crippen LogP contribution >= 0.6 is 0 Å². The first-order valence-corrected chi connectivity index (χ1v) is 7.71. The Morgan fingerprint density at radius 1 is 1.21 bits per heavy atom. The second kappa shape index (κ2) is 6.62. The van der Waals surface area contributed by atoms with Gasteiger partial charge in [-0.25, -0.2) is 4.98 Å². The Balaban J connectivity index is 1.96. The molecule has 0 aliphatic rings. The van der Waals surface area contributed by atoms with Gasteiger partial charge in [-0.05, 0) is 37.1 Å². The quantitative estimate of drug-likeness (QED) is 0.531. The highest BCUT2D eigenvalue weighted by Crippen LogP contribution is 2.31. The lowest BCUT2D eigenvalue weighted by Gasteiger charge is -2.21. The Kier molecular flexibility index (Phi) is 4.37. The van der Waals surface area contributed by atoms with E-state index in [9.17, 15) is 10.1 Å². The summed E-state index contributed by atoms with van der Waals surface area (Å²) in [6.45, 7) is 2.65. The predicted molar refractivity (Wildman–Crippen MR) is 94.3 cm³/mol. The molecule has 0 saturated carbocycles. The van der Waals surface area contributed by atoms with E-state index < -0.39 is 0 Å². The third-order valence-electron chi connectivity index (χ3n) is 4.02. The third-order valence-corrected chi connectivity index (χ3v) is 4.02. The molecule has 0 bridgehead atoms. The van der Waals surface area contributed by atoms with Crippen LogP contribution in [0.3, 0.4) is 0 Å². The fourth-order valence-electron chi connectivity index (χ4n) is 2.77. The van der Waals surface area contributed by atoms with Gasteiger partial charge in [0.2, 0.25) is 0 Å². The molecule has 2 heterocycles. The predicted octanol–water partition coefficient (Wildman–Crippen LogP) is 3.53. The number of fused-ring (bicyclic) bond motifs is 1. The summed E-state index contributed by atoms with van der Waals surface area (Å²) in [7, 11) is 1.99. The van der Waals surface area contributed by atoms with Crippen LogP contribution in [-0.2, 0) is 6.42 Å². The number of nitrogens with zero attached hydrogens (tertiary/aromatic N) is 4. The maximum atomic E-state index is 11.3. The van der Waals surface area contributed by atoms with E-state index in [4.69, 9.17) is 0 Å². The van der Waals surface area contributed by atoms with Gasteiger partial charge in [-0.2, -0.15) is 0 Å². The van der Waals surface area contributed by atoms with Crippen molar-refractivity contribution in [1.82, 2.24) is 9.97 Å². The fourth-order valence-corrected chi connectivity index (χ4v) is 2.77. The van der Waals surface area contributed by atoms with E-state index in [1.54, 1.807) is 18.5 Å². The standard InChI is InChI=1S/C18H18N4O2/c1-13-12-17(21(2)11-8-14-6-9-19-10-7-14)15-4-3-5-16(22(23)24)18(15)20-13/h3-7,9-10,12H,8,11H2,1-2H3. The van der Waals surface area contributed by atoms with Crippen molar-refractivity contribution in [2.45, 2.75) is 13.3 Å². The topological polar surface area (TPSA) is 72.2 Å². The first-order valence-electron chi connectivity index (χ1n) is 7.71. The van der Waals surface area contributed by atoms with Crippen LogP contribution in [0.2, 0.25) is 0 Å². The number of hydrogen-bond acceptors (Lipinski definition) is 5. The molecule has 24 heavy (non-hydrogen) atoms. The normalized spacial score (nSPS) is 10.8. The number of nitro benzene ring substituents is 1. The van der Waals surface area contributed by atoms with Gasteiger partial charge in [0.15, 0.2) is 5.52 Å². The summed E-state index contributed by atoms with van der Waals surface area (Å²) in [5.41, 5.74) is 3.41. The Morgan fingerprint density at radius 2 is 1.96 bits per heavy atom. The van der Waals surface area contributed by atoms with Crippen LogP contribution in [-0.4, -0.2) is 28.5 Å². The van der Waals surface area contributed by atoms with Crippen molar-refractivity contribution in [1.29, 1.82) is 0 Å². The zero-order valence-electron chi connectivity index (χ0n) is 13.6. The molecular weight excluding hydrogens is 304 g/mol. The van der Waals surface area contributed by atoms with E-state index >= 15 is 0 Å². The zero-order chi connectivity index (χ0) is 17.1. The summed E-state index contributed by atoms with van der Waals surface area (Å²) in [6, 6.07) is 11.0. The van der Waals surface area contributed by atoms with Crippen molar-refractivity contribution < 1.29 is 4.92 Å². The average Bonchev–Trinajstić information content (AvgIpc) is 2.59. The zero-order valence-corrected chi connectivity index (χ0v) is 13.6. The SMILES string of the molecule is Cc1cc(N(C)CCc2ccncc2)c2cccc([N+](=O)[O-])c2n1. The van der Waals surface area contributed by atoms with Crippen LogP contribution in [0.15, 0.2) is 48.8 Å². The van der Waals surface area contributed by atoms with E-state index in [2.05, 4.69) is 14.9 Å². The van der Waals surface area contributed by atoms with Gasteiger partial charge in [-0.15, -0.1) is 0 Å². The Hall–Kier alpha value is -3.02. The number of non-ortho nitro benzene ring substituents is 1. The molecule has 0 radical (unpaired) electrons. The number of aromatic nitrogens is 2. The first kappa shape index (κ1) is 15.9. The molecule has 122 valence electrons. The summed E-state index contributed by atoms with van der Waals surface area (Å²) in [5.74, 6) is 0. The molecule has 0 aliphatic carbocycles. The molecule has 0 spiro atoms. The molecule has 3 aromatic rings. The number of likely N-dealkylation sites (N-methyl/N-ethyl adjacent to an activating group) is 1. The molecule has 0 atom stereocenters. The third kappa shape index (κ3) is 3.17. The van der Waals surface area contributed by atoms with Crippen LogP contribution in [0.5, 0.6) is 0 Å². The van der Waals surface area contributed by atoms with Gasteiger partial charge < -0.3 is 4.90 Å². The van der Waals surface area contributed by atoms with Crippen molar-refractivity contribution in [2.75, 3.05) is 18.5 Å². The minimum atomic E-state index is -0.379. The van der Waals surface area contributed by atoms with Gasteiger partial charge in [0.1, 0.15) is 0 Å².